The third-order valence-corrected chi connectivity index (χ3v) is 4.34. The SMILES string of the molecule is COC(=O)[C@H](Cc1ccccc1C#N)NC(=O)[C@H](Cc1ccccc1)NC(C)=O. The van der Waals surface area contributed by atoms with Gasteiger partial charge < -0.3 is 15.4 Å². The van der Waals surface area contributed by atoms with Gasteiger partial charge >= 0.3 is 5.97 Å². The molecule has 0 aliphatic heterocycles. The van der Waals surface area contributed by atoms with Crippen LogP contribution in [0.5, 0.6) is 0 Å². The lowest BCUT2D eigenvalue weighted by atomic mass is 10.00. The monoisotopic (exact) mass is 393 g/mol. The lowest BCUT2D eigenvalue weighted by Gasteiger charge is -2.22. The molecule has 29 heavy (non-hydrogen) atoms. The second kappa shape index (κ2) is 10.6. The van der Waals surface area contributed by atoms with Crippen molar-refractivity contribution in [2.24, 2.45) is 0 Å². The van der Waals surface area contributed by atoms with Gasteiger partial charge in [-0.25, -0.2) is 4.79 Å². The van der Waals surface area contributed by atoms with Crippen molar-refractivity contribution >= 4 is 17.8 Å². The molecule has 0 saturated carbocycles. The summed E-state index contributed by atoms with van der Waals surface area (Å²) in [6.45, 7) is 1.33. The lowest BCUT2D eigenvalue weighted by Crippen LogP contribution is -2.53. The summed E-state index contributed by atoms with van der Waals surface area (Å²) in [6.07, 6.45) is 0.370. The molecule has 0 spiro atoms. The molecule has 2 aromatic carbocycles. The summed E-state index contributed by atoms with van der Waals surface area (Å²) in [7, 11) is 1.23. The maximum Gasteiger partial charge on any atom is 0.328 e. The fourth-order valence-electron chi connectivity index (χ4n) is 2.94. The molecule has 2 atom stereocenters. The van der Waals surface area contributed by atoms with E-state index < -0.39 is 24.0 Å². The number of benzene rings is 2. The first-order valence-corrected chi connectivity index (χ1v) is 9.11. The smallest absolute Gasteiger partial charge is 0.328 e. The molecule has 0 aliphatic carbocycles. The van der Waals surface area contributed by atoms with Crippen LogP contribution in [0.1, 0.15) is 23.6 Å². The van der Waals surface area contributed by atoms with Crippen LogP contribution in [0.15, 0.2) is 54.6 Å². The first kappa shape index (κ1) is 21.6. The van der Waals surface area contributed by atoms with Crippen molar-refractivity contribution in [3.63, 3.8) is 0 Å². The van der Waals surface area contributed by atoms with Gasteiger partial charge in [-0.15, -0.1) is 0 Å². The van der Waals surface area contributed by atoms with E-state index in [0.29, 0.717) is 11.1 Å². The lowest BCUT2D eigenvalue weighted by molar-refractivity contribution is -0.145. The summed E-state index contributed by atoms with van der Waals surface area (Å²) >= 11 is 0. The molecule has 0 unspecified atom stereocenters. The highest BCUT2D eigenvalue weighted by Gasteiger charge is 2.27. The number of nitriles is 1. The molecule has 0 aliphatic rings. The molecule has 150 valence electrons. The zero-order valence-corrected chi connectivity index (χ0v) is 16.3. The Morgan fingerprint density at radius 3 is 2.24 bits per heavy atom. The number of nitrogens with one attached hydrogen (secondary N) is 2. The molecule has 2 N–H and O–H groups in total. The summed E-state index contributed by atoms with van der Waals surface area (Å²) in [5.41, 5.74) is 1.90. The van der Waals surface area contributed by atoms with Gasteiger partial charge in [0.2, 0.25) is 11.8 Å². The van der Waals surface area contributed by atoms with E-state index >= 15 is 0 Å². The molecule has 2 amide bonds. The van der Waals surface area contributed by atoms with E-state index in [1.54, 1.807) is 24.3 Å². The van der Waals surface area contributed by atoms with E-state index in [4.69, 9.17) is 4.74 Å². The molecule has 0 fully saturated rings. The normalized spacial score (nSPS) is 12.2. The van der Waals surface area contributed by atoms with E-state index in [9.17, 15) is 19.6 Å². The van der Waals surface area contributed by atoms with Gasteiger partial charge in [0.05, 0.1) is 18.7 Å². The van der Waals surface area contributed by atoms with E-state index in [0.717, 1.165) is 5.56 Å². The van der Waals surface area contributed by atoms with E-state index in [-0.39, 0.29) is 18.7 Å². The topological polar surface area (TPSA) is 108 Å². The van der Waals surface area contributed by atoms with Gasteiger partial charge in [-0.1, -0.05) is 48.5 Å². The molecular formula is C22H23N3O4. The summed E-state index contributed by atoms with van der Waals surface area (Å²) in [4.78, 5) is 36.7. The first-order chi connectivity index (χ1) is 13.9. The molecule has 0 saturated heterocycles. The Hall–Kier alpha value is -3.66. The Labute approximate surface area is 169 Å². The number of carbonyl (C=O) groups excluding carboxylic acids is 3. The number of hydrogen-bond acceptors (Lipinski definition) is 5. The molecule has 0 radical (unpaired) electrons. The van der Waals surface area contributed by atoms with Crippen LogP contribution in [0.3, 0.4) is 0 Å². The van der Waals surface area contributed by atoms with Crippen LogP contribution in [-0.4, -0.2) is 37.0 Å². The molecule has 0 aromatic heterocycles. The van der Waals surface area contributed by atoms with Crippen molar-refractivity contribution in [2.75, 3.05) is 7.11 Å². The largest absolute Gasteiger partial charge is 0.467 e. The number of carbonyl (C=O) groups is 3. The average molecular weight is 393 g/mol. The van der Waals surface area contributed by atoms with Gasteiger partial charge in [0.15, 0.2) is 0 Å². The highest BCUT2D eigenvalue weighted by atomic mass is 16.5. The quantitative estimate of drug-likeness (QED) is 0.661. The zero-order valence-electron chi connectivity index (χ0n) is 16.3. The first-order valence-electron chi connectivity index (χ1n) is 9.11. The number of methoxy groups -OCH3 is 1. The van der Waals surface area contributed by atoms with Crippen LogP contribution < -0.4 is 10.6 Å². The summed E-state index contributed by atoms with van der Waals surface area (Å²) in [5.74, 6) is -1.49. The Balaban J connectivity index is 2.20. The molecule has 2 aromatic rings. The minimum absolute atomic E-state index is 0.0975. The van der Waals surface area contributed by atoms with Crippen molar-refractivity contribution in [1.29, 1.82) is 5.26 Å². The minimum atomic E-state index is -0.992. The zero-order chi connectivity index (χ0) is 21.2. The van der Waals surface area contributed by atoms with E-state index in [2.05, 4.69) is 16.7 Å². The highest BCUT2D eigenvalue weighted by Crippen LogP contribution is 2.12. The van der Waals surface area contributed by atoms with Crippen LogP contribution in [0.25, 0.3) is 0 Å². The molecular weight excluding hydrogens is 370 g/mol. The maximum absolute atomic E-state index is 12.9. The molecule has 0 heterocycles. The second-order valence-electron chi connectivity index (χ2n) is 6.50. The second-order valence-corrected chi connectivity index (χ2v) is 6.50. The number of nitrogens with zero attached hydrogens (tertiary/aromatic N) is 1. The van der Waals surface area contributed by atoms with Gasteiger partial charge in [-0.2, -0.15) is 5.26 Å². The van der Waals surface area contributed by atoms with Crippen molar-refractivity contribution in [3.05, 3.63) is 71.3 Å². The molecule has 7 heteroatoms. The van der Waals surface area contributed by atoms with Crippen molar-refractivity contribution in [2.45, 2.75) is 31.8 Å². The van der Waals surface area contributed by atoms with Crippen LogP contribution in [0.4, 0.5) is 0 Å². The van der Waals surface area contributed by atoms with Gasteiger partial charge in [-0.3, -0.25) is 9.59 Å². The average Bonchev–Trinajstić information content (AvgIpc) is 2.73. The Morgan fingerprint density at radius 2 is 1.62 bits per heavy atom. The van der Waals surface area contributed by atoms with Crippen molar-refractivity contribution < 1.29 is 19.1 Å². The van der Waals surface area contributed by atoms with Gasteiger partial charge in [0.25, 0.3) is 0 Å². The highest BCUT2D eigenvalue weighted by molar-refractivity contribution is 5.90. The standard InChI is InChI=1S/C22H23N3O4/c1-15(26)24-19(12-16-8-4-3-5-9-16)21(27)25-20(22(28)29-2)13-17-10-6-7-11-18(17)14-23/h3-11,19-20H,12-13H2,1-2H3,(H,24,26)(H,25,27)/t19-,20-/m0/s1. The van der Waals surface area contributed by atoms with Gasteiger partial charge in [0, 0.05) is 19.8 Å². The number of ether oxygens (including phenoxy) is 1. The fourth-order valence-corrected chi connectivity index (χ4v) is 2.94. The predicted molar refractivity (Wildman–Crippen MR) is 107 cm³/mol. The van der Waals surface area contributed by atoms with Gasteiger partial charge in [-0.05, 0) is 17.2 Å². The maximum atomic E-state index is 12.9. The Bertz CT molecular complexity index is 906. The van der Waals surface area contributed by atoms with Crippen LogP contribution in [-0.2, 0) is 32.0 Å². The summed E-state index contributed by atoms with van der Waals surface area (Å²) < 4.78 is 4.81. The molecule has 0 bridgehead atoms. The van der Waals surface area contributed by atoms with Crippen LogP contribution in [0.2, 0.25) is 0 Å². The van der Waals surface area contributed by atoms with Crippen molar-refractivity contribution in [1.82, 2.24) is 10.6 Å². The van der Waals surface area contributed by atoms with E-state index in [1.165, 1.54) is 14.0 Å². The van der Waals surface area contributed by atoms with Crippen LogP contribution >= 0.6 is 0 Å². The van der Waals surface area contributed by atoms with Crippen molar-refractivity contribution in [3.8, 4) is 6.07 Å². The Morgan fingerprint density at radius 1 is 0.966 bits per heavy atom. The minimum Gasteiger partial charge on any atom is -0.467 e. The number of rotatable bonds is 8. The third-order valence-electron chi connectivity index (χ3n) is 4.34. The third kappa shape index (κ3) is 6.47. The van der Waals surface area contributed by atoms with Crippen LogP contribution in [0, 0.1) is 11.3 Å². The van der Waals surface area contributed by atoms with Gasteiger partial charge in [0.1, 0.15) is 12.1 Å². The number of hydrogen-bond donors (Lipinski definition) is 2. The summed E-state index contributed by atoms with van der Waals surface area (Å²) in [6, 6.07) is 16.3. The molecule has 2 rings (SSSR count). The fraction of sp³-hybridized carbons (Fsp3) is 0.273. The predicted octanol–water partition coefficient (Wildman–Crippen LogP) is 1.51. The number of amides is 2. The number of esters is 1. The van der Waals surface area contributed by atoms with E-state index in [1.807, 2.05) is 30.3 Å². The molecule has 7 nitrogen and oxygen atoms in total. The Kier molecular flexibility index (Phi) is 7.92. The summed E-state index contributed by atoms with van der Waals surface area (Å²) in [5, 5.41) is 14.5.